The van der Waals surface area contributed by atoms with Gasteiger partial charge in [-0.1, -0.05) is 30.3 Å². The molecule has 7 nitrogen and oxygen atoms in total. The molecule has 166 valence electrons. The maximum absolute atomic E-state index is 12.4. The van der Waals surface area contributed by atoms with Crippen molar-refractivity contribution in [1.82, 2.24) is 8.61 Å². The molecule has 0 aromatic heterocycles. The predicted octanol–water partition coefficient (Wildman–Crippen LogP) is 2.48. The van der Waals surface area contributed by atoms with Crippen LogP contribution in [0.3, 0.4) is 0 Å². The minimum absolute atomic E-state index is 0.350. The molecule has 31 heavy (non-hydrogen) atoms. The third-order valence-electron chi connectivity index (χ3n) is 7.01. The summed E-state index contributed by atoms with van der Waals surface area (Å²) in [6.07, 6.45) is 4.39. The van der Waals surface area contributed by atoms with Gasteiger partial charge in [0.1, 0.15) is 0 Å². The quantitative estimate of drug-likeness (QED) is 0.743. The number of fused-ring (bicyclic) bond motifs is 5. The first-order chi connectivity index (χ1) is 14.6. The fraction of sp³-hybridized carbons (Fsp3) is 0.455. The third-order valence-corrected chi connectivity index (χ3v) is 9.56. The fourth-order valence-electron chi connectivity index (χ4n) is 5.40. The second-order valence-electron chi connectivity index (χ2n) is 8.88. The molecular formula is C22H27N3O4S2. The van der Waals surface area contributed by atoms with Gasteiger partial charge in [0.2, 0.25) is 20.0 Å². The Morgan fingerprint density at radius 2 is 1.55 bits per heavy atom. The van der Waals surface area contributed by atoms with Gasteiger partial charge in [0.15, 0.2) is 0 Å². The highest BCUT2D eigenvalue weighted by atomic mass is 32.2. The Kier molecular flexibility index (Phi) is 4.75. The van der Waals surface area contributed by atoms with Crippen molar-refractivity contribution < 1.29 is 16.8 Å². The summed E-state index contributed by atoms with van der Waals surface area (Å²) in [5.41, 5.74) is 4.10. The normalized spacial score (nSPS) is 22.3. The molecule has 0 atom stereocenters. The van der Waals surface area contributed by atoms with Crippen molar-refractivity contribution in [3.05, 3.63) is 47.5 Å². The summed E-state index contributed by atoms with van der Waals surface area (Å²) in [7, 11) is -6.57. The van der Waals surface area contributed by atoms with Crippen LogP contribution in [0.25, 0.3) is 16.3 Å². The highest BCUT2D eigenvalue weighted by Crippen LogP contribution is 2.49. The van der Waals surface area contributed by atoms with Gasteiger partial charge >= 0.3 is 0 Å². The molecule has 3 aliphatic heterocycles. The average molecular weight is 462 g/mol. The van der Waals surface area contributed by atoms with Crippen LogP contribution in [0.15, 0.2) is 42.0 Å². The van der Waals surface area contributed by atoms with Gasteiger partial charge in [-0.05, 0) is 47.2 Å². The number of rotatable bonds is 2. The largest absolute Gasteiger partial charge is 0.375 e. The van der Waals surface area contributed by atoms with Crippen LogP contribution in [0.4, 0.5) is 5.69 Å². The number of nitrogens with one attached hydrogen (secondary N) is 1. The molecule has 3 heterocycles. The van der Waals surface area contributed by atoms with Crippen molar-refractivity contribution in [3.63, 3.8) is 0 Å². The summed E-state index contributed by atoms with van der Waals surface area (Å²) in [6.45, 7) is 1.66. The maximum atomic E-state index is 12.4. The second kappa shape index (κ2) is 7.03. The maximum Gasteiger partial charge on any atom is 0.211 e. The van der Waals surface area contributed by atoms with E-state index in [-0.39, 0.29) is 0 Å². The Morgan fingerprint density at radius 3 is 2.23 bits per heavy atom. The average Bonchev–Trinajstić information content (AvgIpc) is 2.72. The summed E-state index contributed by atoms with van der Waals surface area (Å²) in [6, 6.07) is 12.5. The zero-order valence-corrected chi connectivity index (χ0v) is 19.4. The lowest BCUT2D eigenvalue weighted by molar-refractivity contribution is 0.269. The van der Waals surface area contributed by atoms with Gasteiger partial charge in [-0.25, -0.2) is 21.1 Å². The first-order valence-corrected chi connectivity index (χ1v) is 14.2. The summed E-state index contributed by atoms with van der Waals surface area (Å²) < 4.78 is 52.0. The van der Waals surface area contributed by atoms with Gasteiger partial charge in [-0.3, -0.25) is 0 Å². The number of nitrogens with zero attached hydrogens (tertiary/aromatic N) is 2. The van der Waals surface area contributed by atoms with E-state index in [9.17, 15) is 16.8 Å². The Hall–Kier alpha value is -1.94. The second-order valence-corrected chi connectivity index (χ2v) is 12.8. The van der Waals surface area contributed by atoms with Gasteiger partial charge in [-0.2, -0.15) is 4.31 Å². The van der Waals surface area contributed by atoms with E-state index in [1.54, 1.807) is 4.31 Å². The third kappa shape index (κ3) is 3.47. The van der Waals surface area contributed by atoms with E-state index >= 15 is 0 Å². The number of hydrogen-bond acceptors (Lipinski definition) is 5. The molecule has 0 aliphatic carbocycles. The molecule has 3 aliphatic rings. The summed E-state index contributed by atoms with van der Waals surface area (Å²) >= 11 is 0. The van der Waals surface area contributed by atoms with Crippen LogP contribution in [0, 0.1) is 0 Å². The number of benzene rings is 2. The summed E-state index contributed by atoms with van der Waals surface area (Å²) in [5.74, 6) is 0. The smallest absolute Gasteiger partial charge is 0.211 e. The molecule has 0 radical (unpaired) electrons. The molecule has 0 amide bonds. The van der Waals surface area contributed by atoms with Crippen molar-refractivity contribution in [3.8, 4) is 0 Å². The molecule has 0 unspecified atom stereocenters. The van der Waals surface area contributed by atoms with Crippen LogP contribution in [0.1, 0.15) is 24.8 Å². The Balaban J connectivity index is 1.67. The highest BCUT2D eigenvalue weighted by Gasteiger charge is 2.46. The van der Waals surface area contributed by atoms with Gasteiger partial charge in [0, 0.05) is 37.4 Å². The summed E-state index contributed by atoms with van der Waals surface area (Å²) in [5, 5.41) is 6.07. The molecule has 1 fully saturated rings. The number of hydrogen-bond donors (Lipinski definition) is 1. The molecule has 1 saturated heterocycles. The van der Waals surface area contributed by atoms with Crippen LogP contribution in [-0.2, 0) is 20.0 Å². The van der Waals surface area contributed by atoms with Crippen molar-refractivity contribution >= 4 is 42.1 Å². The van der Waals surface area contributed by atoms with Crippen LogP contribution >= 0.6 is 0 Å². The van der Waals surface area contributed by atoms with E-state index in [1.165, 1.54) is 22.4 Å². The molecule has 1 spiro atoms. The van der Waals surface area contributed by atoms with Crippen LogP contribution in [0.2, 0.25) is 0 Å². The summed E-state index contributed by atoms with van der Waals surface area (Å²) in [4.78, 5) is 0. The molecule has 9 heteroatoms. The molecule has 2 aromatic rings. The SMILES string of the molecule is CS(=O)(=O)N1CCC2(CC1)Nc1ccc3ccccc3c1C1=C2CN(S(C)(=O)=O)CC1. The fourth-order valence-corrected chi connectivity index (χ4v) is 7.03. The van der Waals surface area contributed by atoms with Crippen LogP contribution in [0.5, 0.6) is 0 Å². The first-order valence-electron chi connectivity index (χ1n) is 10.5. The topological polar surface area (TPSA) is 86.8 Å². The molecule has 2 aromatic carbocycles. The lowest BCUT2D eigenvalue weighted by atomic mass is 9.72. The molecular weight excluding hydrogens is 434 g/mol. The first kappa shape index (κ1) is 20.9. The van der Waals surface area contributed by atoms with Gasteiger partial charge in [0.25, 0.3) is 0 Å². The van der Waals surface area contributed by atoms with Crippen molar-refractivity contribution in [2.24, 2.45) is 0 Å². The molecule has 0 saturated carbocycles. The zero-order chi connectivity index (χ0) is 22.0. The lowest BCUT2D eigenvalue weighted by Crippen LogP contribution is -2.56. The molecule has 1 N–H and O–H groups in total. The van der Waals surface area contributed by atoms with E-state index in [0.29, 0.717) is 45.4 Å². The van der Waals surface area contributed by atoms with Crippen molar-refractivity contribution in [2.45, 2.75) is 24.8 Å². The van der Waals surface area contributed by atoms with E-state index < -0.39 is 25.6 Å². The van der Waals surface area contributed by atoms with Gasteiger partial charge in [-0.15, -0.1) is 0 Å². The Morgan fingerprint density at radius 1 is 0.871 bits per heavy atom. The standard InChI is InChI=1S/C22H27N3O4S2/c1-30(26,27)24-13-10-22(11-14-24)19-15-25(31(2,28)29)12-9-18(19)21-17-6-4-3-5-16(17)7-8-20(21)23-22/h3-8,23H,9-15H2,1-2H3. The van der Waals surface area contributed by atoms with Crippen molar-refractivity contribution in [2.75, 3.05) is 44.0 Å². The van der Waals surface area contributed by atoms with E-state index in [0.717, 1.165) is 27.6 Å². The Labute approximate surface area is 183 Å². The van der Waals surface area contributed by atoms with E-state index in [1.807, 2.05) is 12.1 Å². The predicted molar refractivity (Wildman–Crippen MR) is 124 cm³/mol. The Bertz CT molecular complexity index is 1310. The molecule has 0 bridgehead atoms. The van der Waals surface area contributed by atoms with E-state index in [2.05, 4.69) is 29.6 Å². The van der Waals surface area contributed by atoms with Crippen molar-refractivity contribution in [1.29, 1.82) is 0 Å². The molecule has 5 rings (SSSR count). The monoisotopic (exact) mass is 461 g/mol. The minimum Gasteiger partial charge on any atom is -0.375 e. The van der Waals surface area contributed by atoms with Gasteiger partial charge < -0.3 is 5.32 Å². The minimum atomic E-state index is -3.32. The van der Waals surface area contributed by atoms with Crippen LogP contribution < -0.4 is 5.32 Å². The van der Waals surface area contributed by atoms with E-state index in [4.69, 9.17) is 0 Å². The number of piperidine rings is 1. The number of sulfonamides is 2. The lowest BCUT2D eigenvalue weighted by Gasteiger charge is -2.50. The zero-order valence-electron chi connectivity index (χ0n) is 17.8. The number of anilines is 1. The highest BCUT2D eigenvalue weighted by molar-refractivity contribution is 7.88. The van der Waals surface area contributed by atoms with Crippen LogP contribution in [-0.4, -0.2) is 69.7 Å². The van der Waals surface area contributed by atoms with Gasteiger partial charge in [0.05, 0.1) is 18.1 Å².